The van der Waals surface area contributed by atoms with Gasteiger partial charge in [-0.3, -0.25) is 9.59 Å². The van der Waals surface area contributed by atoms with Gasteiger partial charge < -0.3 is 4.90 Å². The van der Waals surface area contributed by atoms with E-state index in [4.69, 9.17) is 0 Å². The first-order valence-corrected chi connectivity index (χ1v) is 5.59. The molecule has 0 amide bonds. The van der Waals surface area contributed by atoms with E-state index in [1.54, 1.807) is 6.07 Å². The Kier molecular flexibility index (Phi) is 4.17. The number of ketones is 1. The average molecular weight is 225 g/mol. The van der Waals surface area contributed by atoms with Crippen molar-refractivity contribution in [2.45, 2.75) is 13.3 Å². The van der Waals surface area contributed by atoms with Crippen molar-refractivity contribution in [3.05, 3.63) is 21.4 Å². The first-order valence-electron chi connectivity index (χ1n) is 4.78. The number of rotatable bonds is 5. The van der Waals surface area contributed by atoms with E-state index in [1.165, 1.54) is 11.3 Å². The minimum absolute atomic E-state index is 0.116. The fourth-order valence-electron chi connectivity index (χ4n) is 1.30. The molecule has 0 aliphatic carbocycles. The van der Waals surface area contributed by atoms with E-state index < -0.39 is 0 Å². The van der Waals surface area contributed by atoms with E-state index in [1.807, 2.05) is 25.9 Å². The van der Waals surface area contributed by atoms with Crippen LogP contribution >= 0.6 is 11.3 Å². The molecule has 15 heavy (non-hydrogen) atoms. The Morgan fingerprint density at radius 1 is 1.53 bits per heavy atom. The number of aldehydes is 1. The molecule has 3 nitrogen and oxygen atoms in total. The maximum Gasteiger partial charge on any atom is 0.165 e. The highest BCUT2D eigenvalue weighted by molar-refractivity contribution is 7.13. The first kappa shape index (κ1) is 12.1. The van der Waals surface area contributed by atoms with Crippen molar-refractivity contribution < 1.29 is 9.59 Å². The fourth-order valence-corrected chi connectivity index (χ4v) is 2.16. The lowest BCUT2D eigenvalue weighted by molar-refractivity contribution is 0.0972. The number of nitrogens with zero attached hydrogens (tertiary/aromatic N) is 1. The molecule has 0 atom stereocenters. The third-order valence-electron chi connectivity index (χ3n) is 2.14. The number of carbonyl (C=O) groups is 2. The maximum atomic E-state index is 11.8. The van der Waals surface area contributed by atoms with Gasteiger partial charge in [0.1, 0.15) is 0 Å². The molecule has 1 aromatic heterocycles. The van der Waals surface area contributed by atoms with E-state index in [9.17, 15) is 9.59 Å². The van der Waals surface area contributed by atoms with Gasteiger partial charge in [0, 0.05) is 23.4 Å². The Morgan fingerprint density at radius 3 is 2.67 bits per heavy atom. The van der Waals surface area contributed by atoms with Crippen molar-refractivity contribution in [2.24, 2.45) is 0 Å². The molecule has 82 valence electrons. The second-order valence-corrected chi connectivity index (χ2v) is 5.00. The number of hydrogen-bond donors (Lipinski definition) is 0. The monoisotopic (exact) mass is 225 g/mol. The number of aryl methyl sites for hydroxylation is 1. The minimum Gasteiger partial charge on any atom is -0.309 e. The van der Waals surface area contributed by atoms with Crippen LogP contribution in [0.5, 0.6) is 0 Å². The molecule has 1 rings (SSSR count). The average Bonchev–Trinajstić information content (AvgIpc) is 2.56. The molecule has 1 heterocycles. The van der Waals surface area contributed by atoms with Gasteiger partial charge in [-0.15, -0.1) is 11.3 Å². The lowest BCUT2D eigenvalue weighted by atomic mass is 10.1. The normalized spacial score (nSPS) is 10.7. The van der Waals surface area contributed by atoms with E-state index in [-0.39, 0.29) is 5.78 Å². The van der Waals surface area contributed by atoms with Crippen LogP contribution in [0.4, 0.5) is 0 Å². The summed E-state index contributed by atoms with van der Waals surface area (Å²) in [6, 6.07) is 1.69. The largest absolute Gasteiger partial charge is 0.309 e. The smallest absolute Gasteiger partial charge is 0.165 e. The Bertz CT molecular complexity index is 369. The van der Waals surface area contributed by atoms with Crippen LogP contribution in [-0.2, 0) is 0 Å². The molecule has 0 spiro atoms. The molecule has 0 bridgehead atoms. The van der Waals surface area contributed by atoms with E-state index in [2.05, 4.69) is 0 Å². The van der Waals surface area contributed by atoms with Crippen LogP contribution in [0.15, 0.2) is 6.07 Å². The maximum absolute atomic E-state index is 11.8. The SMILES string of the molecule is Cc1sc(C=O)cc1C(=O)CCN(C)C. The number of carbonyl (C=O) groups excluding carboxylic acids is 2. The number of Topliss-reactive ketones (excluding diaryl/α,β-unsaturated/α-hetero) is 1. The summed E-state index contributed by atoms with van der Waals surface area (Å²) in [7, 11) is 3.87. The van der Waals surface area contributed by atoms with Crippen molar-refractivity contribution in [3.8, 4) is 0 Å². The quantitative estimate of drug-likeness (QED) is 0.568. The molecule has 0 aromatic carbocycles. The molecule has 0 unspecified atom stereocenters. The molecule has 0 aliphatic heterocycles. The molecular formula is C11H15NO2S. The standard InChI is InChI=1S/C11H15NO2S/c1-8-10(6-9(7-13)15-8)11(14)4-5-12(2)3/h6-7H,4-5H2,1-3H3. The zero-order chi connectivity index (χ0) is 11.4. The molecule has 0 N–H and O–H groups in total. The summed E-state index contributed by atoms with van der Waals surface area (Å²) in [4.78, 5) is 25.8. The summed E-state index contributed by atoms with van der Waals surface area (Å²) in [5, 5.41) is 0. The Labute approximate surface area is 93.7 Å². The number of thiophene rings is 1. The van der Waals surface area contributed by atoms with Crippen molar-refractivity contribution in [1.29, 1.82) is 0 Å². The van der Waals surface area contributed by atoms with Crippen molar-refractivity contribution in [2.75, 3.05) is 20.6 Å². The zero-order valence-electron chi connectivity index (χ0n) is 9.24. The summed E-state index contributed by atoms with van der Waals surface area (Å²) < 4.78 is 0. The van der Waals surface area contributed by atoms with E-state index in [0.29, 0.717) is 16.9 Å². The molecule has 0 fully saturated rings. The fraction of sp³-hybridized carbons (Fsp3) is 0.455. The Balaban J connectivity index is 2.73. The van der Waals surface area contributed by atoms with Gasteiger partial charge in [0.25, 0.3) is 0 Å². The molecule has 0 saturated carbocycles. The lowest BCUT2D eigenvalue weighted by Crippen LogP contribution is -2.16. The van der Waals surface area contributed by atoms with E-state index >= 15 is 0 Å². The van der Waals surface area contributed by atoms with Crippen LogP contribution in [0.3, 0.4) is 0 Å². The van der Waals surface area contributed by atoms with Gasteiger partial charge in [-0.2, -0.15) is 0 Å². The van der Waals surface area contributed by atoms with Gasteiger partial charge >= 0.3 is 0 Å². The van der Waals surface area contributed by atoms with Crippen LogP contribution in [0.2, 0.25) is 0 Å². The molecular weight excluding hydrogens is 210 g/mol. The molecule has 0 radical (unpaired) electrons. The van der Waals surface area contributed by atoms with Crippen LogP contribution in [0, 0.1) is 6.92 Å². The molecule has 0 aliphatic rings. The molecule has 0 saturated heterocycles. The number of hydrogen-bond acceptors (Lipinski definition) is 4. The summed E-state index contributed by atoms with van der Waals surface area (Å²) in [5.41, 5.74) is 0.698. The predicted molar refractivity (Wildman–Crippen MR) is 61.9 cm³/mol. The Morgan fingerprint density at radius 2 is 2.20 bits per heavy atom. The van der Waals surface area contributed by atoms with Crippen molar-refractivity contribution in [1.82, 2.24) is 4.90 Å². The summed E-state index contributed by atoms with van der Waals surface area (Å²) in [6.45, 7) is 2.62. The van der Waals surface area contributed by atoms with Gasteiger partial charge in [-0.1, -0.05) is 0 Å². The highest BCUT2D eigenvalue weighted by Gasteiger charge is 2.12. The summed E-state index contributed by atoms with van der Waals surface area (Å²) in [6.07, 6.45) is 1.29. The van der Waals surface area contributed by atoms with Crippen LogP contribution in [-0.4, -0.2) is 37.6 Å². The zero-order valence-corrected chi connectivity index (χ0v) is 10.1. The van der Waals surface area contributed by atoms with Gasteiger partial charge in [0.05, 0.1) is 4.88 Å². The van der Waals surface area contributed by atoms with Crippen molar-refractivity contribution in [3.63, 3.8) is 0 Å². The predicted octanol–water partition coefficient (Wildman–Crippen LogP) is 2.00. The third kappa shape index (κ3) is 3.25. The highest BCUT2D eigenvalue weighted by Crippen LogP contribution is 2.21. The lowest BCUT2D eigenvalue weighted by Gasteiger charge is -2.07. The Hall–Kier alpha value is -1.00. The minimum atomic E-state index is 0.116. The summed E-state index contributed by atoms with van der Waals surface area (Å²) in [5.74, 6) is 0.116. The second-order valence-electron chi connectivity index (χ2n) is 3.71. The second kappa shape index (κ2) is 5.19. The first-order chi connectivity index (χ1) is 7.04. The molecule has 4 heteroatoms. The van der Waals surface area contributed by atoms with Crippen molar-refractivity contribution >= 4 is 23.4 Å². The van der Waals surface area contributed by atoms with Gasteiger partial charge in [-0.25, -0.2) is 0 Å². The van der Waals surface area contributed by atoms with Crippen LogP contribution < -0.4 is 0 Å². The molecule has 1 aromatic rings. The topological polar surface area (TPSA) is 37.4 Å². The van der Waals surface area contributed by atoms with Gasteiger partial charge in [0.15, 0.2) is 12.1 Å². The van der Waals surface area contributed by atoms with Crippen LogP contribution in [0.1, 0.15) is 31.3 Å². The van der Waals surface area contributed by atoms with Gasteiger partial charge in [-0.05, 0) is 27.1 Å². The summed E-state index contributed by atoms with van der Waals surface area (Å²) >= 11 is 1.37. The third-order valence-corrected chi connectivity index (χ3v) is 3.12. The van der Waals surface area contributed by atoms with Crippen LogP contribution in [0.25, 0.3) is 0 Å². The highest BCUT2D eigenvalue weighted by atomic mass is 32.1. The van der Waals surface area contributed by atoms with E-state index in [0.717, 1.165) is 17.7 Å². The van der Waals surface area contributed by atoms with Gasteiger partial charge in [0.2, 0.25) is 0 Å².